The highest BCUT2D eigenvalue weighted by Crippen LogP contribution is 2.27. The van der Waals surface area contributed by atoms with Crippen molar-refractivity contribution in [3.63, 3.8) is 0 Å². The Kier molecular flexibility index (Phi) is 6.22. The Balaban J connectivity index is 1.31. The number of hydrogen-bond donors (Lipinski definition) is 1. The number of carbonyl (C=O) groups is 2. The van der Waals surface area contributed by atoms with E-state index < -0.39 is 5.92 Å². The maximum absolute atomic E-state index is 13.1. The summed E-state index contributed by atoms with van der Waals surface area (Å²) in [5, 5.41) is 12.2. The molecule has 1 aliphatic heterocycles. The van der Waals surface area contributed by atoms with E-state index in [4.69, 9.17) is 4.74 Å². The Hall–Kier alpha value is -3.33. The smallest absolute Gasteiger partial charge is 0.231 e. The predicted molar refractivity (Wildman–Crippen MR) is 116 cm³/mol. The van der Waals surface area contributed by atoms with E-state index in [0.29, 0.717) is 17.2 Å². The second-order valence-corrected chi connectivity index (χ2v) is 8.28. The predicted octanol–water partition coefficient (Wildman–Crippen LogP) is 3.46. The van der Waals surface area contributed by atoms with Crippen molar-refractivity contribution in [1.29, 1.82) is 0 Å². The molecule has 2 heterocycles. The lowest BCUT2D eigenvalue weighted by molar-refractivity contribution is -0.122. The third kappa shape index (κ3) is 5.05. The Morgan fingerprint density at radius 1 is 1.16 bits per heavy atom. The second kappa shape index (κ2) is 9.22. The minimum Gasteiger partial charge on any atom is -0.497 e. The van der Waals surface area contributed by atoms with Crippen LogP contribution in [0.5, 0.6) is 5.75 Å². The second-order valence-electron chi connectivity index (χ2n) is 7.22. The Bertz CT molecular complexity index is 1070. The Labute approximate surface area is 182 Å². The lowest BCUT2D eigenvalue weighted by atomic mass is 10.1. The third-order valence-electron chi connectivity index (χ3n) is 5.12. The van der Waals surface area contributed by atoms with E-state index >= 15 is 0 Å². The molecule has 7 nitrogen and oxygen atoms in total. The largest absolute Gasteiger partial charge is 0.497 e. The number of methoxy groups -OCH3 is 1. The summed E-state index contributed by atoms with van der Waals surface area (Å²) in [6.45, 7) is 0.249. The average molecular weight is 441 g/mol. The number of anilines is 2. The van der Waals surface area contributed by atoms with E-state index in [1.54, 1.807) is 7.11 Å². The fraction of sp³-hybridized carbons (Fsp3) is 0.273. The zero-order chi connectivity index (χ0) is 21.8. The van der Waals surface area contributed by atoms with E-state index in [0.717, 1.165) is 22.7 Å². The molecule has 1 fully saturated rings. The van der Waals surface area contributed by atoms with Gasteiger partial charge in [0.25, 0.3) is 0 Å². The monoisotopic (exact) mass is 440 g/mol. The van der Waals surface area contributed by atoms with Gasteiger partial charge in [0.1, 0.15) is 16.6 Å². The highest BCUT2D eigenvalue weighted by Gasteiger charge is 2.35. The molecule has 2 amide bonds. The van der Waals surface area contributed by atoms with Gasteiger partial charge in [-0.3, -0.25) is 9.59 Å². The van der Waals surface area contributed by atoms with Crippen LogP contribution in [0.15, 0.2) is 48.5 Å². The van der Waals surface area contributed by atoms with Gasteiger partial charge in [-0.25, -0.2) is 4.39 Å². The van der Waals surface area contributed by atoms with Crippen LogP contribution < -0.4 is 15.0 Å². The van der Waals surface area contributed by atoms with E-state index in [2.05, 4.69) is 15.5 Å². The number of aromatic nitrogens is 2. The highest BCUT2D eigenvalue weighted by atomic mass is 32.1. The molecule has 9 heteroatoms. The van der Waals surface area contributed by atoms with Crippen molar-refractivity contribution in [2.45, 2.75) is 19.3 Å². The molecule has 31 heavy (non-hydrogen) atoms. The average Bonchev–Trinajstić information content (AvgIpc) is 3.39. The highest BCUT2D eigenvalue weighted by molar-refractivity contribution is 7.15. The molecule has 0 radical (unpaired) electrons. The third-order valence-corrected chi connectivity index (χ3v) is 6.02. The van der Waals surface area contributed by atoms with Crippen molar-refractivity contribution in [3.8, 4) is 5.75 Å². The summed E-state index contributed by atoms with van der Waals surface area (Å²) >= 11 is 1.33. The van der Waals surface area contributed by atoms with Crippen molar-refractivity contribution in [1.82, 2.24) is 10.2 Å². The molecule has 3 aromatic rings. The van der Waals surface area contributed by atoms with Gasteiger partial charge in [-0.2, -0.15) is 0 Å². The SMILES string of the molecule is COc1ccc(CCc2nnc(NC(=O)C3CC(=O)N(c4ccc(F)cc4)C3)s2)cc1. The van der Waals surface area contributed by atoms with Gasteiger partial charge in [0, 0.05) is 25.1 Å². The first kappa shape index (κ1) is 20.9. The fourth-order valence-electron chi connectivity index (χ4n) is 3.41. The van der Waals surface area contributed by atoms with Crippen LogP contribution in [0.25, 0.3) is 0 Å². The number of nitrogens with zero attached hydrogens (tertiary/aromatic N) is 3. The number of halogens is 1. The molecule has 1 unspecified atom stereocenters. The molecule has 0 aliphatic carbocycles. The van der Waals surface area contributed by atoms with Gasteiger partial charge in [-0.05, 0) is 48.4 Å². The number of benzene rings is 2. The van der Waals surface area contributed by atoms with Crippen molar-refractivity contribution in [2.24, 2.45) is 5.92 Å². The lowest BCUT2D eigenvalue weighted by Crippen LogP contribution is -2.28. The van der Waals surface area contributed by atoms with Crippen molar-refractivity contribution >= 4 is 34.0 Å². The van der Waals surface area contributed by atoms with Gasteiger partial charge < -0.3 is 15.0 Å². The molecule has 2 aromatic carbocycles. The molecule has 0 bridgehead atoms. The van der Waals surface area contributed by atoms with Gasteiger partial charge in [-0.1, -0.05) is 23.5 Å². The van der Waals surface area contributed by atoms with Crippen LogP contribution in [0.3, 0.4) is 0 Å². The van der Waals surface area contributed by atoms with Crippen LogP contribution >= 0.6 is 11.3 Å². The summed E-state index contributed by atoms with van der Waals surface area (Å²) in [7, 11) is 1.63. The normalized spacial score (nSPS) is 15.9. The molecule has 4 rings (SSSR count). The zero-order valence-corrected chi connectivity index (χ0v) is 17.7. The fourth-order valence-corrected chi connectivity index (χ4v) is 4.15. The van der Waals surface area contributed by atoms with Gasteiger partial charge in [-0.15, -0.1) is 10.2 Å². The topological polar surface area (TPSA) is 84.4 Å². The summed E-state index contributed by atoms with van der Waals surface area (Å²) < 4.78 is 18.3. The molecule has 1 atom stereocenters. The van der Waals surface area contributed by atoms with E-state index in [1.807, 2.05) is 24.3 Å². The minimum absolute atomic E-state index is 0.104. The number of hydrogen-bond acceptors (Lipinski definition) is 6. The molecule has 0 saturated carbocycles. The quantitative estimate of drug-likeness (QED) is 0.608. The van der Waals surface area contributed by atoms with Crippen LogP contribution in [0.1, 0.15) is 17.0 Å². The van der Waals surface area contributed by atoms with Gasteiger partial charge in [0.05, 0.1) is 13.0 Å². The number of ether oxygens (including phenoxy) is 1. The van der Waals surface area contributed by atoms with Crippen LogP contribution in [0.4, 0.5) is 15.2 Å². The van der Waals surface area contributed by atoms with Crippen LogP contribution in [0, 0.1) is 11.7 Å². The number of rotatable bonds is 7. The zero-order valence-electron chi connectivity index (χ0n) is 16.9. The summed E-state index contributed by atoms with van der Waals surface area (Å²) in [6, 6.07) is 13.5. The van der Waals surface area contributed by atoms with E-state index in [1.165, 1.54) is 40.5 Å². The van der Waals surface area contributed by atoms with Crippen molar-refractivity contribution in [3.05, 3.63) is 64.9 Å². The molecular weight excluding hydrogens is 419 g/mol. The lowest BCUT2D eigenvalue weighted by Gasteiger charge is -2.16. The summed E-state index contributed by atoms with van der Waals surface area (Å²) in [6.07, 6.45) is 1.61. The number of carbonyl (C=O) groups excluding carboxylic acids is 2. The van der Waals surface area contributed by atoms with Crippen molar-refractivity contribution < 1.29 is 18.7 Å². The molecule has 1 N–H and O–H groups in total. The van der Waals surface area contributed by atoms with Crippen molar-refractivity contribution in [2.75, 3.05) is 23.9 Å². The molecule has 1 aliphatic rings. The summed E-state index contributed by atoms with van der Waals surface area (Å²) in [5.41, 5.74) is 1.74. The minimum atomic E-state index is -0.496. The Morgan fingerprint density at radius 3 is 2.61 bits per heavy atom. The van der Waals surface area contributed by atoms with Crippen LogP contribution in [0.2, 0.25) is 0 Å². The standard InChI is InChI=1S/C22H21FN4O3S/c1-30-18-9-2-14(3-10-18)4-11-19-25-26-22(31-19)24-21(29)15-12-20(28)27(13-15)17-7-5-16(23)6-8-17/h2-3,5-10,15H,4,11-13H2,1H3,(H,24,26,29). The first-order valence-electron chi connectivity index (χ1n) is 9.84. The molecule has 1 saturated heterocycles. The van der Waals surface area contributed by atoms with Crippen LogP contribution in [-0.4, -0.2) is 35.7 Å². The first-order chi connectivity index (χ1) is 15.0. The first-order valence-corrected chi connectivity index (χ1v) is 10.7. The maximum atomic E-state index is 13.1. The van der Waals surface area contributed by atoms with E-state index in [9.17, 15) is 14.0 Å². The maximum Gasteiger partial charge on any atom is 0.231 e. The van der Waals surface area contributed by atoms with Gasteiger partial charge >= 0.3 is 0 Å². The number of amides is 2. The molecular formula is C22H21FN4O3S. The van der Waals surface area contributed by atoms with Crippen LogP contribution in [-0.2, 0) is 22.4 Å². The summed E-state index contributed by atoms with van der Waals surface area (Å²) in [4.78, 5) is 26.4. The molecule has 1 aromatic heterocycles. The van der Waals surface area contributed by atoms with Gasteiger partial charge in [0.15, 0.2) is 0 Å². The number of nitrogens with one attached hydrogen (secondary N) is 1. The molecule has 0 spiro atoms. The summed E-state index contributed by atoms with van der Waals surface area (Å²) in [5.74, 6) is -0.485. The Morgan fingerprint density at radius 2 is 1.90 bits per heavy atom. The van der Waals surface area contributed by atoms with Gasteiger partial charge in [0.2, 0.25) is 16.9 Å². The van der Waals surface area contributed by atoms with E-state index in [-0.39, 0.29) is 30.6 Å². The number of aryl methyl sites for hydroxylation is 2. The molecule has 160 valence electrons.